The average molecular weight is 701 g/mol. The van der Waals surface area contributed by atoms with E-state index in [9.17, 15) is 0 Å². The summed E-state index contributed by atoms with van der Waals surface area (Å²) in [6.07, 6.45) is 7.75. The third-order valence-corrected chi connectivity index (χ3v) is 10.3. The second-order valence-electron chi connectivity index (χ2n) is 17.2. The van der Waals surface area contributed by atoms with E-state index in [1.807, 2.05) is 30.9 Å². The van der Waals surface area contributed by atoms with Crippen molar-refractivity contribution in [1.82, 2.24) is 19.5 Å². The van der Waals surface area contributed by atoms with Gasteiger partial charge in [0.05, 0.1) is 28.6 Å². The lowest BCUT2D eigenvalue weighted by molar-refractivity contribution is 0.483. The van der Waals surface area contributed by atoms with Gasteiger partial charge in [0, 0.05) is 52.7 Å². The summed E-state index contributed by atoms with van der Waals surface area (Å²) in [6.45, 7) is 20.8. The Balaban J connectivity index is 1.15. The standard InChI is InChI=1S/C46H48N6O/c1-44(2,3)30-19-22-48-42(24-30)52-38-16-11-10-15-35(38)36-18-17-34(26-40(36)52)53-33-14-12-13-32(25-33)50-29-51(41-28-47-21-20-39(41)50)43-37(46(7,8)9)23-31(27-49-43)45(4,5)6/h10-28H,29H2,1-9H3. The zero-order valence-corrected chi connectivity index (χ0v) is 32.3. The lowest BCUT2D eigenvalue weighted by atomic mass is 9.81. The van der Waals surface area contributed by atoms with Gasteiger partial charge in [-0.25, -0.2) is 9.97 Å². The zero-order valence-electron chi connectivity index (χ0n) is 32.3. The van der Waals surface area contributed by atoms with Crippen molar-refractivity contribution in [2.45, 2.75) is 78.6 Å². The Kier molecular flexibility index (Phi) is 8.09. The van der Waals surface area contributed by atoms with E-state index in [-0.39, 0.29) is 16.2 Å². The number of anilines is 4. The monoisotopic (exact) mass is 700 g/mol. The summed E-state index contributed by atoms with van der Waals surface area (Å²) in [6, 6.07) is 31.9. The highest BCUT2D eigenvalue weighted by atomic mass is 16.5. The zero-order chi connectivity index (χ0) is 37.3. The number of ether oxygens (including phenoxy) is 1. The van der Waals surface area contributed by atoms with E-state index in [4.69, 9.17) is 14.7 Å². The van der Waals surface area contributed by atoms with E-state index < -0.39 is 0 Å². The molecule has 0 atom stereocenters. The number of pyridine rings is 3. The minimum atomic E-state index is -0.106. The first-order valence-corrected chi connectivity index (χ1v) is 18.4. The van der Waals surface area contributed by atoms with Crippen molar-refractivity contribution < 1.29 is 4.74 Å². The maximum Gasteiger partial charge on any atom is 0.138 e. The molecule has 7 heteroatoms. The number of benzene rings is 3. The smallest absolute Gasteiger partial charge is 0.138 e. The van der Waals surface area contributed by atoms with Gasteiger partial charge in [0.1, 0.15) is 29.8 Å². The van der Waals surface area contributed by atoms with Gasteiger partial charge >= 0.3 is 0 Å². The first kappa shape index (κ1) is 34.4. The molecule has 0 spiro atoms. The fourth-order valence-electron chi connectivity index (χ4n) is 7.26. The summed E-state index contributed by atoms with van der Waals surface area (Å²) in [7, 11) is 0. The summed E-state index contributed by atoms with van der Waals surface area (Å²) >= 11 is 0. The molecule has 1 aliphatic rings. The molecule has 0 saturated carbocycles. The van der Waals surface area contributed by atoms with Crippen molar-refractivity contribution in [1.29, 1.82) is 0 Å². The minimum Gasteiger partial charge on any atom is -0.457 e. The van der Waals surface area contributed by atoms with Crippen LogP contribution in [0.2, 0.25) is 0 Å². The second kappa shape index (κ2) is 12.5. The van der Waals surface area contributed by atoms with Crippen LogP contribution in [0, 0.1) is 0 Å². The first-order valence-electron chi connectivity index (χ1n) is 18.4. The van der Waals surface area contributed by atoms with Gasteiger partial charge in [-0.2, -0.15) is 0 Å². The summed E-state index contributed by atoms with van der Waals surface area (Å²) in [5.74, 6) is 3.37. The van der Waals surface area contributed by atoms with E-state index in [2.05, 4.69) is 167 Å². The molecule has 5 heterocycles. The lowest BCUT2D eigenvalue weighted by Crippen LogP contribution is -2.28. The van der Waals surface area contributed by atoms with Crippen LogP contribution in [0.25, 0.3) is 27.6 Å². The van der Waals surface area contributed by atoms with E-state index >= 15 is 0 Å². The highest BCUT2D eigenvalue weighted by molar-refractivity contribution is 6.09. The molecule has 0 unspecified atom stereocenters. The van der Waals surface area contributed by atoms with Gasteiger partial charge in [0.25, 0.3) is 0 Å². The third-order valence-electron chi connectivity index (χ3n) is 10.3. The summed E-state index contributed by atoms with van der Waals surface area (Å²) < 4.78 is 8.91. The SMILES string of the molecule is CC(C)(C)c1ccnc(-n2c3ccccc3c3ccc(Oc4cccc(N5CN(c6ncc(C(C)(C)C)cc6C(C)(C)C)c6cnccc65)c4)cc32)c1. The average Bonchev–Trinajstić information content (AvgIpc) is 3.66. The predicted molar refractivity (Wildman–Crippen MR) is 219 cm³/mol. The van der Waals surface area contributed by atoms with Crippen molar-refractivity contribution in [3.63, 3.8) is 0 Å². The highest BCUT2D eigenvalue weighted by Crippen LogP contribution is 2.47. The van der Waals surface area contributed by atoms with Crippen LogP contribution in [0.15, 0.2) is 116 Å². The molecular formula is C46H48N6O. The summed E-state index contributed by atoms with van der Waals surface area (Å²) in [4.78, 5) is 19.1. The van der Waals surface area contributed by atoms with E-state index in [0.717, 1.165) is 56.6 Å². The maximum absolute atomic E-state index is 6.66. The molecule has 7 aromatic rings. The third kappa shape index (κ3) is 6.28. The van der Waals surface area contributed by atoms with Crippen molar-refractivity contribution >= 4 is 44.7 Å². The van der Waals surface area contributed by atoms with Gasteiger partial charge in [-0.15, -0.1) is 0 Å². The molecule has 8 rings (SSSR count). The van der Waals surface area contributed by atoms with Crippen LogP contribution in [-0.2, 0) is 16.2 Å². The highest BCUT2D eigenvalue weighted by Gasteiger charge is 2.33. The molecule has 3 aromatic carbocycles. The number of hydrogen-bond acceptors (Lipinski definition) is 6. The summed E-state index contributed by atoms with van der Waals surface area (Å²) in [5.41, 5.74) is 8.88. The molecule has 268 valence electrons. The molecule has 7 nitrogen and oxygen atoms in total. The first-order chi connectivity index (χ1) is 25.2. The quantitative estimate of drug-likeness (QED) is 0.178. The number of para-hydroxylation sites is 1. The molecule has 1 aliphatic heterocycles. The fraction of sp³-hybridized carbons (Fsp3) is 0.283. The molecule has 0 aliphatic carbocycles. The topological polar surface area (TPSA) is 59.3 Å². The fourth-order valence-corrected chi connectivity index (χ4v) is 7.26. The van der Waals surface area contributed by atoms with Crippen LogP contribution >= 0.6 is 0 Å². The van der Waals surface area contributed by atoms with Gasteiger partial charge in [-0.3, -0.25) is 9.55 Å². The van der Waals surface area contributed by atoms with Gasteiger partial charge in [0.2, 0.25) is 0 Å². The lowest BCUT2D eigenvalue weighted by Gasteiger charge is -2.30. The predicted octanol–water partition coefficient (Wildman–Crippen LogP) is 11.9. The molecule has 0 saturated heterocycles. The van der Waals surface area contributed by atoms with Crippen LogP contribution < -0.4 is 14.5 Å². The van der Waals surface area contributed by atoms with Crippen LogP contribution in [0.5, 0.6) is 11.5 Å². The second-order valence-corrected chi connectivity index (χ2v) is 17.2. The molecule has 0 radical (unpaired) electrons. The molecule has 0 fully saturated rings. The van der Waals surface area contributed by atoms with Crippen molar-refractivity contribution in [2.75, 3.05) is 16.5 Å². The molecule has 0 N–H and O–H groups in total. The Bertz CT molecular complexity index is 2490. The van der Waals surface area contributed by atoms with E-state index in [0.29, 0.717) is 6.67 Å². The Morgan fingerprint density at radius 3 is 2.09 bits per heavy atom. The van der Waals surface area contributed by atoms with Gasteiger partial charge in [-0.05, 0) is 82.0 Å². The molecule has 53 heavy (non-hydrogen) atoms. The van der Waals surface area contributed by atoms with Crippen LogP contribution in [0.4, 0.5) is 22.9 Å². The Morgan fingerprint density at radius 2 is 1.32 bits per heavy atom. The summed E-state index contributed by atoms with van der Waals surface area (Å²) in [5, 5.41) is 2.34. The Labute approximate surface area is 312 Å². The number of fused-ring (bicyclic) bond motifs is 4. The van der Waals surface area contributed by atoms with Gasteiger partial charge in [0.15, 0.2) is 0 Å². The number of nitrogens with zero attached hydrogens (tertiary/aromatic N) is 6. The van der Waals surface area contributed by atoms with E-state index in [1.165, 1.54) is 22.1 Å². The van der Waals surface area contributed by atoms with E-state index in [1.54, 1.807) is 0 Å². The Morgan fingerprint density at radius 1 is 0.566 bits per heavy atom. The van der Waals surface area contributed by atoms with Crippen molar-refractivity contribution in [3.8, 4) is 17.3 Å². The van der Waals surface area contributed by atoms with Crippen molar-refractivity contribution in [2.24, 2.45) is 0 Å². The number of rotatable bonds is 5. The molecule has 4 aromatic heterocycles. The van der Waals surface area contributed by atoms with Crippen LogP contribution in [0.3, 0.4) is 0 Å². The normalized spacial score (nSPS) is 13.6. The van der Waals surface area contributed by atoms with Gasteiger partial charge in [-0.1, -0.05) is 86.6 Å². The largest absolute Gasteiger partial charge is 0.457 e. The Hall–Kier alpha value is -5.69. The molecule has 0 bridgehead atoms. The maximum atomic E-state index is 6.66. The van der Waals surface area contributed by atoms with Crippen LogP contribution in [0.1, 0.15) is 79.0 Å². The van der Waals surface area contributed by atoms with Crippen molar-refractivity contribution in [3.05, 3.63) is 132 Å². The van der Waals surface area contributed by atoms with Gasteiger partial charge < -0.3 is 14.5 Å². The number of hydrogen-bond donors (Lipinski definition) is 0. The molecule has 0 amide bonds. The number of aromatic nitrogens is 4. The molecular weight excluding hydrogens is 653 g/mol. The van der Waals surface area contributed by atoms with Crippen LogP contribution in [-0.4, -0.2) is 26.2 Å². The minimum absolute atomic E-state index is 0.00140.